The first kappa shape index (κ1) is 19.4. The van der Waals surface area contributed by atoms with Crippen molar-refractivity contribution in [2.45, 2.75) is 52.1 Å². The summed E-state index contributed by atoms with van der Waals surface area (Å²) in [4.78, 5) is 12.4. The highest BCUT2D eigenvalue weighted by atomic mass is 19.4. The summed E-state index contributed by atoms with van der Waals surface area (Å²) in [6.45, 7) is 4.43. The third-order valence-corrected chi connectivity index (χ3v) is 4.32. The van der Waals surface area contributed by atoms with Crippen LogP contribution in [0.4, 0.5) is 18.9 Å². The fourth-order valence-corrected chi connectivity index (χ4v) is 2.72. The van der Waals surface area contributed by atoms with Crippen LogP contribution < -0.4 is 5.32 Å². The molecule has 0 saturated heterocycles. The van der Waals surface area contributed by atoms with E-state index < -0.39 is 17.8 Å². The molecule has 1 N–H and O–H groups in total. The molecule has 27 heavy (non-hydrogen) atoms. The number of nitrogens with zero attached hydrogens (tertiary/aromatic N) is 4. The molecule has 3 rings (SSSR count). The first-order valence-electron chi connectivity index (χ1n) is 8.84. The molecule has 0 aliphatic heterocycles. The van der Waals surface area contributed by atoms with Gasteiger partial charge in [-0.1, -0.05) is 6.92 Å². The number of hydrogen-bond donors (Lipinski definition) is 1. The third kappa shape index (κ3) is 4.88. The lowest BCUT2D eigenvalue weighted by molar-refractivity contribution is -0.141. The van der Waals surface area contributed by atoms with Gasteiger partial charge in [-0.15, -0.1) is 0 Å². The predicted molar refractivity (Wildman–Crippen MR) is 90.9 cm³/mol. The molecule has 2 aromatic rings. The van der Waals surface area contributed by atoms with Crippen LogP contribution in [0.15, 0.2) is 18.5 Å². The van der Waals surface area contributed by atoms with Crippen molar-refractivity contribution in [2.75, 3.05) is 11.9 Å². The lowest BCUT2D eigenvalue weighted by Gasteiger charge is -2.13. The van der Waals surface area contributed by atoms with E-state index in [0.717, 1.165) is 18.9 Å². The van der Waals surface area contributed by atoms with Crippen LogP contribution in [-0.2, 0) is 29.0 Å². The maximum Gasteiger partial charge on any atom is 0.435 e. The second kappa shape index (κ2) is 7.71. The fourth-order valence-electron chi connectivity index (χ4n) is 2.72. The molecule has 1 fully saturated rings. The molecule has 1 unspecified atom stereocenters. The molecule has 2 heterocycles. The number of amides is 1. The Labute approximate surface area is 154 Å². The van der Waals surface area contributed by atoms with Gasteiger partial charge in [0.1, 0.15) is 6.73 Å². The van der Waals surface area contributed by atoms with Crippen molar-refractivity contribution in [1.82, 2.24) is 19.6 Å². The van der Waals surface area contributed by atoms with Crippen molar-refractivity contribution in [3.8, 4) is 0 Å². The van der Waals surface area contributed by atoms with Crippen LogP contribution in [0.3, 0.4) is 0 Å². The summed E-state index contributed by atoms with van der Waals surface area (Å²) in [5, 5.41) is 10.5. The number of hydrogen-bond acceptors (Lipinski definition) is 4. The Morgan fingerprint density at radius 3 is 2.81 bits per heavy atom. The first-order valence-corrected chi connectivity index (χ1v) is 8.84. The van der Waals surface area contributed by atoms with Crippen molar-refractivity contribution < 1.29 is 22.7 Å². The van der Waals surface area contributed by atoms with Gasteiger partial charge < -0.3 is 10.1 Å². The standard InChI is InChI=1S/C17H22F3N5O2/c1-3-27-10-24-9-13(7-21-24)22-16(26)11(2)8-25-14(12-4-5-12)6-15(23-25)17(18,19)20/h6-7,9,11-12H,3-5,8,10H2,1-2H3,(H,22,26). The summed E-state index contributed by atoms with van der Waals surface area (Å²) in [6, 6.07) is 1.10. The van der Waals surface area contributed by atoms with E-state index in [1.165, 1.54) is 15.6 Å². The fraction of sp³-hybridized carbons (Fsp3) is 0.588. The van der Waals surface area contributed by atoms with Gasteiger partial charge in [-0.3, -0.25) is 9.48 Å². The number of aromatic nitrogens is 4. The lowest BCUT2D eigenvalue weighted by atomic mass is 10.1. The predicted octanol–water partition coefficient (Wildman–Crippen LogP) is 3.24. The first-order chi connectivity index (χ1) is 12.8. The molecule has 10 heteroatoms. The van der Waals surface area contributed by atoms with Gasteiger partial charge in [0.15, 0.2) is 5.69 Å². The molecule has 0 radical (unpaired) electrons. The number of anilines is 1. The van der Waals surface area contributed by atoms with Gasteiger partial charge in [-0.25, -0.2) is 4.68 Å². The van der Waals surface area contributed by atoms with Gasteiger partial charge >= 0.3 is 6.18 Å². The SMILES string of the molecule is CCOCn1cc(NC(=O)C(C)Cn2nc(C(F)(F)F)cc2C2CC2)cn1. The maximum atomic E-state index is 13.0. The van der Waals surface area contributed by atoms with Gasteiger partial charge in [0.05, 0.1) is 30.5 Å². The molecular formula is C17H22F3N5O2. The van der Waals surface area contributed by atoms with Gasteiger partial charge in [-0.05, 0) is 25.8 Å². The smallest absolute Gasteiger partial charge is 0.360 e. The maximum absolute atomic E-state index is 13.0. The van der Waals surface area contributed by atoms with Crippen LogP contribution in [0, 0.1) is 5.92 Å². The molecule has 0 spiro atoms. The minimum Gasteiger partial charge on any atom is -0.360 e. The molecule has 7 nitrogen and oxygen atoms in total. The van der Waals surface area contributed by atoms with Crippen molar-refractivity contribution >= 4 is 11.6 Å². The highest BCUT2D eigenvalue weighted by Crippen LogP contribution is 2.42. The van der Waals surface area contributed by atoms with Crippen LogP contribution in [0.25, 0.3) is 0 Å². The Morgan fingerprint density at radius 1 is 1.44 bits per heavy atom. The van der Waals surface area contributed by atoms with E-state index in [2.05, 4.69) is 15.5 Å². The highest BCUT2D eigenvalue weighted by molar-refractivity contribution is 5.91. The van der Waals surface area contributed by atoms with E-state index >= 15 is 0 Å². The van der Waals surface area contributed by atoms with Crippen LogP contribution in [0.2, 0.25) is 0 Å². The number of rotatable bonds is 8. The number of nitrogens with one attached hydrogen (secondary N) is 1. The van der Waals surface area contributed by atoms with Crippen LogP contribution in [0.5, 0.6) is 0 Å². The number of carbonyl (C=O) groups is 1. The minimum atomic E-state index is -4.49. The highest BCUT2D eigenvalue weighted by Gasteiger charge is 2.38. The normalized spacial score (nSPS) is 15.7. The monoisotopic (exact) mass is 385 g/mol. The number of halogens is 3. The van der Waals surface area contributed by atoms with Crippen molar-refractivity contribution in [3.05, 3.63) is 29.8 Å². The molecule has 2 aromatic heterocycles. The third-order valence-electron chi connectivity index (χ3n) is 4.32. The molecular weight excluding hydrogens is 363 g/mol. The number of ether oxygens (including phenoxy) is 1. The quantitative estimate of drug-likeness (QED) is 0.757. The number of alkyl halides is 3. The van der Waals surface area contributed by atoms with Crippen LogP contribution in [-0.4, -0.2) is 32.1 Å². The summed E-state index contributed by atoms with van der Waals surface area (Å²) >= 11 is 0. The van der Waals surface area contributed by atoms with E-state index in [-0.39, 0.29) is 25.1 Å². The molecule has 1 saturated carbocycles. The molecule has 1 aliphatic rings. The molecule has 1 amide bonds. The average Bonchev–Trinajstić information content (AvgIpc) is 3.19. The molecule has 148 valence electrons. The summed E-state index contributed by atoms with van der Waals surface area (Å²) in [5.74, 6) is -0.767. The summed E-state index contributed by atoms with van der Waals surface area (Å²) in [5.41, 5.74) is 0.145. The average molecular weight is 385 g/mol. The Bertz CT molecular complexity index is 795. The topological polar surface area (TPSA) is 74.0 Å². The minimum absolute atomic E-state index is 0.0842. The second-order valence-corrected chi connectivity index (χ2v) is 6.69. The van der Waals surface area contributed by atoms with E-state index in [4.69, 9.17) is 4.74 Å². The second-order valence-electron chi connectivity index (χ2n) is 6.69. The number of carbonyl (C=O) groups excluding carboxylic acids is 1. The van der Waals surface area contributed by atoms with Crippen molar-refractivity contribution in [2.24, 2.45) is 5.92 Å². The van der Waals surface area contributed by atoms with Gasteiger partial charge in [0, 0.05) is 18.2 Å². The van der Waals surface area contributed by atoms with Gasteiger partial charge in [0.25, 0.3) is 0 Å². The Balaban J connectivity index is 1.64. The Morgan fingerprint density at radius 2 is 2.19 bits per heavy atom. The summed E-state index contributed by atoms with van der Waals surface area (Å²) < 4.78 is 47.0. The molecule has 0 aromatic carbocycles. The Hall–Kier alpha value is -2.36. The van der Waals surface area contributed by atoms with Gasteiger partial charge in [-0.2, -0.15) is 23.4 Å². The van der Waals surface area contributed by atoms with E-state index in [9.17, 15) is 18.0 Å². The summed E-state index contributed by atoms with van der Waals surface area (Å²) in [6.07, 6.45) is 0.335. The van der Waals surface area contributed by atoms with E-state index in [0.29, 0.717) is 18.0 Å². The zero-order valence-electron chi connectivity index (χ0n) is 15.2. The van der Waals surface area contributed by atoms with Crippen LogP contribution >= 0.6 is 0 Å². The summed E-state index contributed by atoms with van der Waals surface area (Å²) in [7, 11) is 0. The largest absolute Gasteiger partial charge is 0.435 e. The zero-order valence-corrected chi connectivity index (χ0v) is 15.2. The van der Waals surface area contributed by atoms with Gasteiger partial charge in [0.2, 0.25) is 5.91 Å². The van der Waals surface area contributed by atoms with E-state index in [1.54, 1.807) is 13.1 Å². The van der Waals surface area contributed by atoms with Crippen molar-refractivity contribution in [1.29, 1.82) is 0 Å². The molecule has 1 atom stereocenters. The lowest BCUT2D eigenvalue weighted by Crippen LogP contribution is -2.25. The zero-order chi connectivity index (χ0) is 19.6. The van der Waals surface area contributed by atoms with Crippen LogP contribution in [0.1, 0.15) is 44.0 Å². The van der Waals surface area contributed by atoms with E-state index in [1.807, 2.05) is 6.92 Å². The van der Waals surface area contributed by atoms with Crippen molar-refractivity contribution in [3.63, 3.8) is 0 Å². The Kier molecular flexibility index (Phi) is 5.54. The molecule has 0 bridgehead atoms. The molecule has 1 aliphatic carbocycles.